The van der Waals surface area contributed by atoms with Crippen LogP contribution in [0, 0.1) is 11.8 Å². The number of carbonyl (C=O) groups is 2. The maximum Gasteiger partial charge on any atom is 0.253 e. The molecule has 1 saturated heterocycles. The standard InChI is InChI=1S/C25H25N3O2S/c29-22(13-21-16-31-24(26-21)17-7-3-1-4-8-17)27-23-19-11-12-20(23)15-28(14-19)25(30)18-9-5-2-6-10-18/h1-10,16,19-20,23H,11-15H2,(H,27,29)/t19-,20+,23?. The lowest BCUT2D eigenvalue weighted by atomic mass is 9.91. The van der Waals surface area contributed by atoms with Crippen LogP contribution in [0.2, 0.25) is 0 Å². The van der Waals surface area contributed by atoms with Crippen molar-refractivity contribution in [3.8, 4) is 10.6 Å². The van der Waals surface area contributed by atoms with Gasteiger partial charge in [-0.2, -0.15) is 0 Å². The molecule has 0 spiro atoms. The number of nitrogens with zero attached hydrogens (tertiary/aromatic N) is 2. The van der Waals surface area contributed by atoms with E-state index >= 15 is 0 Å². The first-order valence-corrected chi connectivity index (χ1v) is 11.7. The van der Waals surface area contributed by atoms with E-state index in [0.29, 0.717) is 31.3 Å². The number of rotatable bonds is 5. The van der Waals surface area contributed by atoms with E-state index in [9.17, 15) is 9.59 Å². The van der Waals surface area contributed by atoms with Crippen molar-refractivity contribution in [2.75, 3.05) is 13.1 Å². The summed E-state index contributed by atoms with van der Waals surface area (Å²) >= 11 is 1.57. The van der Waals surface area contributed by atoms with Gasteiger partial charge < -0.3 is 10.2 Å². The number of aromatic nitrogens is 1. The summed E-state index contributed by atoms with van der Waals surface area (Å²) in [6, 6.07) is 19.7. The maximum atomic E-state index is 12.8. The summed E-state index contributed by atoms with van der Waals surface area (Å²) in [7, 11) is 0. The lowest BCUT2D eigenvalue weighted by molar-refractivity contribution is -0.122. The van der Waals surface area contributed by atoms with E-state index in [1.807, 2.05) is 70.9 Å². The molecule has 158 valence electrons. The Balaban J connectivity index is 1.19. The Morgan fingerprint density at radius 1 is 0.968 bits per heavy atom. The average Bonchev–Trinajstić information content (AvgIpc) is 3.35. The van der Waals surface area contributed by atoms with E-state index in [-0.39, 0.29) is 17.9 Å². The minimum Gasteiger partial charge on any atom is -0.352 e. The van der Waals surface area contributed by atoms with Crippen molar-refractivity contribution in [1.29, 1.82) is 0 Å². The average molecular weight is 432 g/mol. The minimum atomic E-state index is 0.0228. The molecule has 3 atom stereocenters. The summed E-state index contributed by atoms with van der Waals surface area (Å²) < 4.78 is 0. The second-order valence-corrected chi connectivity index (χ2v) is 9.31. The van der Waals surface area contributed by atoms with Gasteiger partial charge in [0.2, 0.25) is 5.91 Å². The molecule has 2 aromatic carbocycles. The van der Waals surface area contributed by atoms with Crippen molar-refractivity contribution < 1.29 is 9.59 Å². The zero-order valence-corrected chi connectivity index (χ0v) is 18.1. The second-order valence-electron chi connectivity index (χ2n) is 8.45. The number of fused-ring (bicyclic) bond motifs is 2. The highest BCUT2D eigenvalue weighted by Crippen LogP contribution is 2.37. The van der Waals surface area contributed by atoms with Crippen LogP contribution in [0.25, 0.3) is 10.6 Å². The van der Waals surface area contributed by atoms with Crippen LogP contribution < -0.4 is 5.32 Å². The van der Waals surface area contributed by atoms with Crippen LogP contribution in [-0.2, 0) is 11.2 Å². The zero-order valence-electron chi connectivity index (χ0n) is 17.2. The van der Waals surface area contributed by atoms with Gasteiger partial charge in [-0.3, -0.25) is 9.59 Å². The van der Waals surface area contributed by atoms with Gasteiger partial charge in [-0.15, -0.1) is 11.3 Å². The molecule has 1 aliphatic carbocycles. The van der Waals surface area contributed by atoms with Gasteiger partial charge in [0.25, 0.3) is 5.91 Å². The van der Waals surface area contributed by atoms with Gasteiger partial charge in [-0.1, -0.05) is 48.5 Å². The van der Waals surface area contributed by atoms with Gasteiger partial charge in [0.15, 0.2) is 0 Å². The molecule has 3 aromatic rings. The Kier molecular flexibility index (Phi) is 5.55. The van der Waals surface area contributed by atoms with Crippen molar-refractivity contribution in [1.82, 2.24) is 15.2 Å². The number of piperidine rings is 1. The van der Waals surface area contributed by atoms with Crippen molar-refractivity contribution in [2.24, 2.45) is 11.8 Å². The third-order valence-corrected chi connectivity index (χ3v) is 7.32. The predicted molar refractivity (Wildman–Crippen MR) is 122 cm³/mol. The molecule has 0 radical (unpaired) electrons. The number of thiazole rings is 1. The predicted octanol–water partition coefficient (Wildman–Crippen LogP) is 4.02. The molecule has 2 aliphatic rings. The van der Waals surface area contributed by atoms with Crippen LogP contribution in [-0.4, -0.2) is 40.8 Å². The molecule has 2 fully saturated rings. The van der Waals surface area contributed by atoms with Crippen molar-refractivity contribution in [3.05, 3.63) is 77.3 Å². The molecule has 6 heteroatoms. The molecular weight excluding hydrogens is 406 g/mol. The number of nitrogens with one attached hydrogen (secondary N) is 1. The number of likely N-dealkylation sites (tertiary alicyclic amines) is 1. The van der Waals surface area contributed by atoms with E-state index in [4.69, 9.17) is 0 Å². The molecule has 2 heterocycles. The lowest BCUT2D eigenvalue weighted by Crippen LogP contribution is -2.54. The first kappa shape index (κ1) is 19.9. The molecule has 5 rings (SSSR count). The van der Waals surface area contributed by atoms with Crippen molar-refractivity contribution in [3.63, 3.8) is 0 Å². The fourth-order valence-corrected chi connectivity index (χ4v) is 5.72. The van der Waals surface area contributed by atoms with Crippen LogP contribution in [0.15, 0.2) is 66.0 Å². The van der Waals surface area contributed by atoms with Crippen LogP contribution in [0.5, 0.6) is 0 Å². The molecule has 1 aromatic heterocycles. The summed E-state index contributed by atoms with van der Waals surface area (Å²) in [5.74, 6) is 0.768. The molecule has 2 amide bonds. The largest absolute Gasteiger partial charge is 0.352 e. The first-order chi connectivity index (χ1) is 15.2. The highest BCUT2D eigenvalue weighted by Gasteiger charge is 2.44. The SMILES string of the molecule is O=C(Cc1csc(-c2ccccc2)n1)NC1[C@@H]2CC[C@H]1CN(C(=O)c1ccccc1)C2. The number of hydrogen-bond acceptors (Lipinski definition) is 4. The number of hydrogen-bond donors (Lipinski definition) is 1. The number of carbonyl (C=O) groups excluding carboxylic acids is 2. The zero-order chi connectivity index (χ0) is 21.2. The molecule has 1 aliphatic heterocycles. The molecule has 1 unspecified atom stereocenters. The van der Waals surface area contributed by atoms with E-state index in [1.165, 1.54) is 0 Å². The van der Waals surface area contributed by atoms with Crippen LogP contribution in [0.4, 0.5) is 0 Å². The van der Waals surface area contributed by atoms with Crippen LogP contribution in [0.3, 0.4) is 0 Å². The topological polar surface area (TPSA) is 62.3 Å². The van der Waals surface area contributed by atoms with E-state index in [2.05, 4.69) is 10.3 Å². The van der Waals surface area contributed by atoms with Gasteiger partial charge in [-0.05, 0) is 36.8 Å². The summed E-state index contributed by atoms with van der Waals surface area (Å²) in [5.41, 5.74) is 2.63. The Hall–Kier alpha value is -2.99. The Bertz CT molecular complexity index is 1050. The Morgan fingerprint density at radius 3 is 2.29 bits per heavy atom. The number of amides is 2. The monoisotopic (exact) mass is 431 g/mol. The minimum absolute atomic E-state index is 0.0228. The third-order valence-electron chi connectivity index (χ3n) is 6.38. The molecule has 5 nitrogen and oxygen atoms in total. The van der Waals surface area contributed by atoms with Crippen molar-refractivity contribution in [2.45, 2.75) is 25.3 Å². The first-order valence-electron chi connectivity index (χ1n) is 10.8. The van der Waals surface area contributed by atoms with Gasteiger partial charge in [0, 0.05) is 35.6 Å². The van der Waals surface area contributed by atoms with Crippen LogP contribution >= 0.6 is 11.3 Å². The van der Waals surface area contributed by atoms with E-state index in [1.54, 1.807) is 11.3 Å². The number of benzene rings is 2. The second kappa shape index (κ2) is 8.63. The smallest absolute Gasteiger partial charge is 0.253 e. The fourth-order valence-electron chi connectivity index (χ4n) is 4.89. The van der Waals surface area contributed by atoms with E-state index in [0.717, 1.165) is 34.7 Å². The molecule has 1 N–H and O–H groups in total. The molecule has 1 saturated carbocycles. The highest BCUT2D eigenvalue weighted by atomic mass is 32.1. The van der Waals surface area contributed by atoms with Gasteiger partial charge in [0.05, 0.1) is 12.1 Å². The summed E-state index contributed by atoms with van der Waals surface area (Å²) in [6.45, 7) is 1.42. The quantitative estimate of drug-likeness (QED) is 0.664. The maximum absolute atomic E-state index is 12.8. The normalized spacial score (nSPS) is 22.3. The van der Waals surface area contributed by atoms with Crippen LogP contribution in [0.1, 0.15) is 28.9 Å². The molecule has 2 bridgehead atoms. The van der Waals surface area contributed by atoms with Gasteiger partial charge in [0.1, 0.15) is 5.01 Å². The third kappa shape index (κ3) is 4.26. The van der Waals surface area contributed by atoms with Gasteiger partial charge >= 0.3 is 0 Å². The molecular formula is C25H25N3O2S. The van der Waals surface area contributed by atoms with E-state index < -0.39 is 0 Å². The van der Waals surface area contributed by atoms with Crippen molar-refractivity contribution >= 4 is 23.2 Å². The van der Waals surface area contributed by atoms with Gasteiger partial charge in [-0.25, -0.2) is 4.98 Å². The molecule has 31 heavy (non-hydrogen) atoms. The fraction of sp³-hybridized carbons (Fsp3) is 0.320. The summed E-state index contributed by atoms with van der Waals surface area (Å²) in [5, 5.41) is 6.18. The Labute approximate surface area is 186 Å². The lowest BCUT2D eigenvalue weighted by Gasteiger charge is -2.38. The Morgan fingerprint density at radius 2 is 1.61 bits per heavy atom. The summed E-state index contributed by atoms with van der Waals surface area (Å²) in [4.78, 5) is 32.2. The highest BCUT2D eigenvalue weighted by molar-refractivity contribution is 7.13. The summed E-state index contributed by atoms with van der Waals surface area (Å²) in [6.07, 6.45) is 2.41.